The van der Waals surface area contributed by atoms with Gasteiger partial charge in [0.1, 0.15) is 11.5 Å². The van der Waals surface area contributed by atoms with E-state index in [1.54, 1.807) is 0 Å². The van der Waals surface area contributed by atoms with Gasteiger partial charge in [0.05, 0.1) is 0 Å². The summed E-state index contributed by atoms with van der Waals surface area (Å²) in [4.78, 5) is 2.56. The summed E-state index contributed by atoms with van der Waals surface area (Å²) in [6, 6.07) is 3.32. The van der Waals surface area contributed by atoms with Gasteiger partial charge in [-0.3, -0.25) is 4.90 Å². The van der Waals surface area contributed by atoms with Crippen LogP contribution in [0.15, 0.2) is 10.5 Å². The second-order valence-corrected chi connectivity index (χ2v) is 5.48. The molecule has 0 radical (unpaired) electrons. The lowest BCUT2D eigenvalue weighted by atomic mass is 10.1. The zero-order chi connectivity index (χ0) is 13.1. The fraction of sp³-hybridized carbons (Fsp3) is 0.733. The van der Waals surface area contributed by atoms with Gasteiger partial charge in [-0.1, -0.05) is 6.92 Å². The Hall–Kier alpha value is -0.800. The van der Waals surface area contributed by atoms with Crippen LogP contribution in [0.4, 0.5) is 0 Å². The van der Waals surface area contributed by atoms with E-state index in [9.17, 15) is 0 Å². The van der Waals surface area contributed by atoms with Crippen LogP contribution in [0.3, 0.4) is 0 Å². The summed E-state index contributed by atoms with van der Waals surface area (Å²) >= 11 is 0. The Kier molecular flexibility index (Phi) is 4.46. The van der Waals surface area contributed by atoms with Crippen molar-refractivity contribution < 1.29 is 4.42 Å². The zero-order valence-electron chi connectivity index (χ0n) is 12.1. The first kappa shape index (κ1) is 13.6. The largest absolute Gasteiger partial charge is 0.466 e. The number of aryl methyl sites for hydroxylation is 2. The number of rotatable bonds is 5. The lowest BCUT2D eigenvalue weighted by Crippen LogP contribution is -2.33. The lowest BCUT2D eigenvalue weighted by molar-refractivity contribution is 0.253. The molecule has 2 atom stereocenters. The molecule has 1 N–H and O–H groups in total. The maximum Gasteiger partial charge on any atom is 0.105 e. The fourth-order valence-corrected chi connectivity index (χ4v) is 2.92. The van der Waals surface area contributed by atoms with E-state index in [0.29, 0.717) is 12.1 Å². The summed E-state index contributed by atoms with van der Waals surface area (Å²) in [6.45, 7) is 12.1. The molecule has 0 aliphatic carbocycles. The predicted molar refractivity (Wildman–Crippen MR) is 74.9 cm³/mol. The molecule has 102 valence electrons. The van der Waals surface area contributed by atoms with Crippen LogP contribution in [-0.2, 0) is 0 Å². The Labute approximate surface area is 111 Å². The molecule has 0 saturated carbocycles. The summed E-state index contributed by atoms with van der Waals surface area (Å²) in [5.74, 6) is 2.10. The third-order valence-electron chi connectivity index (χ3n) is 3.98. The Morgan fingerprint density at radius 3 is 2.89 bits per heavy atom. The summed E-state index contributed by atoms with van der Waals surface area (Å²) < 4.78 is 5.64. The van der Waals surface area contributed by atoms with Crippen LogP contribution in [0.2, 0.25) is 0 Å². The summed E-state index contributed by atoms with van der Waals surface area (Å²) in [6.07, 6.45) is 2.48. The number of nitrogens with zero attached hydrogens (tertiary/aromatic N) is 1. The van der Waals surface area contributed by atoms with E-state index in [-0.39, 0.29) is 0 Å². The van der Waals surface area contributed by atoms with Gasteiger partial charge in [-0.25, -0.2) is 0 Å². The Morgan fingerprint density at radius 2 is 2.28 bits per heavy atom. The molecule has 1 saturated heterocycles. The lowest BCUT2D eigenvalue weighted by Gasteiger charge is -2.24. The second-order valence-electron chi connectivity index (χ2n) is 5.48. The van der Waals surface area contributed by atoms with Crippen LogP contribution >= 0.6 is 0 Å². The molecule has 2 unspecified atom stereocenters. The molecule has 0 amide bonds. The number of nitrogens with one attached hydrogen (secondary N) is 1. The van der Waals surface area contributed by atoms with E-state index < -0.39 is 0 Å². The Morgan fingerprint density at radius 1 is 1.50 bits per heavy atom. The van der Waals surface area contributed by atoms with Crippen LogP contribution in [0.1, 0.15) is 49.8 Å². The van der Waals surface area contributed by atoms with Gasteiger partial charge in [0, 0.05) is 30.7 Å². The fourth-order valence-electron chi connectivity index (χ4n) is 2.92. The number of hydrogen-bond acceptors (Lipinski definition) is 3. The summed E-state index contributed by atoms with van der Waals surface area (Å²) in [5, 5.41) is 3.62. The highest BCUT2D eigenvalue weighted by Crippen LogP contribution is 2.28. The molecular weight excluding hydrogens is 224 g/mol. The molecule has 3 nitrogen and oxygen atoms in total. The summed E-state index contributed by atoms with van der Waals surface area (Å²) in [7, 11) is 0. The van der Waals surface area contributed by atoms with Crippen LogP contribution in [0.25, 0.3) is 0 Å². The van der Waals surface area contributed by atoms with E-state index in [0.717, 1.165) is 24.6 Å². The third kappa shape index (κ3) is 2.96. The molecule has 18 heavy (non-hydrogen) atoms. The second kappa shape index (κ2) is 5.89. The quantitative estimate of drug-likeness (QED) is 0.870. The van der Waals surface area contributed by atoms with Gasteiger partial charge in [-0.05, 0) is 46.2 Å². The maximum atomic E-state index is 5.64. The van der Waals surface area contributed by atoms with Crippen molar-refractivity contribution in [1.29, 1.82) is 0 Å². The smallest absolute Gasteiger partial charge is 0.105 e. The Balaban J connectivity index is 1.94. The predicted octanol–water partition coefficient (Wildman–Crippen LogP) is 3.03. The average molecular weight is 250 g/mol. The first-order valence-electron chi connectivity index (χ1n) is 7.16. The number of hydrogen-bond donors (Lipinski definition) is 1. The van der Waals surface area contributed by atoms with Crippen molar-refractivity contribution in [2.75, 3.05) is 19.6 Å². The molecule has 0 aromatic carbocycles. The monoisotopic (exact) mass is 250 g/mol. The topological polar surface area (TPSA) is 28.4 Å². The first-order valence-corrected chi connectivity index (χ1v) is 7.16. The molecule has 1 aromatic heterocycles. The van der Waals surface area contributed by atoms with Crippen LogP contribution < -0.4 is 5.32 Å². The standard InChI is InChI=1S/C15H26N2O/c1-5-7-16-14-6-8-17(10-14)12(3)15-9-11(2)18-13(15)4/h9,12,14,16H,5-8,10H2,1-4H3. The maximum absolute atomic E-state index is 5.64. The first-order chi connectivity index (χ1) is 8.61. The molecule has 1 aromatic rings. The van der Waals surface area contributed by atoms with Gasteiger partial charge in [-0.2, -0.15) is 0 Å². The molecule has 2 rings (SSSR count). The van der Waals surface area contributed by atoms with Crippen molar-refractivity contribution in [3.63, 3.8) is 0 Å². The highest BCUT2D eigenvalue weighted by Gasteiger charge is 2.27. The van der Waals surface area contributed by atoms with Gasteiger partial charge in [0.15, 0.2) is 0 Å². The average Bonchev–Trinajstić information content (AvgIpc) is 2.92. The minimum atomic E-state index is 0.468. The summed E-state index contributed by atoms with van der Waals surface area (Å²) in [5.41, 5.74) is 1.35. The molecule has 0 spiro atoms. The van der Waals surface area contributed by atoms with Crippen LogP contribution in [0.5, 0.6) is 0 Å². The van der Waals surface area contributed by atoms with Gasteiger partial charge in [0.2, 0.25) is 0 Å². The highest BCUT2D eigenvalue weighted by atomic mass is 16.3. The van der Waals surface area contributed by atoms with Gasteiger partial charge >= 0.3 is 0 Å². The van der Waals surface area contributed by atoms with Crippen molar-refractivity contribution in [2.45, 2.75) is 52.6 Å². The molecule has 0 bridgehead atoms. The van der Waals surface area contributed by atoms with Gasteiger partial charge < -0.3 is 9.73 Å². The van der Waals surface area contributed by atoms with E-state index in [1.165, 1.54) is 24.9 Å². The minimum absolute atomic E-state index is 0.468. The van der Waals surface area contributed by atoms with Crippen molar-refractivity contribution >= 4 is 0 Å². The number of furan rings is 1. The molecule has 1 fully saturated rings. The van der Waals surface area contributed by atoms with E-state index in [2.05, 4.69) is 37.1 Å². The van der Waals surface area contributed by atoms with E-state index in [4.69, 9.17) is 4.42 Å². The third-order valence-corrected chi connectivity index (χ3v) is 3.98. The minimum Gasteiger partial charge on any atom is -0.466 e. The normalized spacial score (nSPS) is 22.6. The van der Waals surface area contributed by atoms with Crippen LogP contribution in [0, 0.1) is 13.8 Å². The van der Waals surface area contributed by atoms with E-state index in [1.807, 2.05) is 6.92 Å². The van der Waals surface area contributed by atoms with Crippen molar-refractivity contribution in [1.82, 2.24) is 10.2 Å². The SMILES string of the molecule is CCCNC1CCN(C(C)c2cc(C)oc2C)C1. The highest BCUT2D eigenvalue weighted by molar-refractivity contribution is 5.23. The molecule has 2 heterocycles. The molecule has 3 heteroatoms. The van der Waals surface area contributed by atoms with Crippen molar-refractivity contribution in [3.05, 3.63) is 23.2 Å². The molecular formula is C15H26N2O. The van der Waals surface area contributed by atoms with Gasteiger partial charge in [0.25, 0.3) is 0 Å². The van der Waals surface area contributed by atoms with Crippen LogP contribution in [-0.4, -0.2) is 30.6 Å². The van der Waals surface area contributed by atoms with Gasteiger partial charge in [-0.15, -0.1) is 0 Å². The molecule has 1 aliphatic heterocycles. The van der Waals surface area contributed by atoms with E-state index >= 15 is 0 Å². The Bertz CT molecular complexity index is 386. The number of likely N-dealkylation sites (tertiary alicyclic amines) is 1. The van der Waals surface area contributed by atoms with Crippen molar-refractivity contribution in [3.8, 4) is 0 Å². The zero-order valence-corrected chi connectivity index (χ0v) is 12.1. The van der Waals surface area contributed by atoms with Crippen molar-refractivity contribution in [2.24, 2.45) is 0 Å². The molecule has 1 aliphatic rings.